The summed E-state index contributed by atoms with van der Waals surface area (Å²) in [7, 11) is 0. The second-order valence-electron chi connectivity index (χ2n) is 3.57. The van der Waals surface area contributed by atoms with Crippen LogP contribution < -0.4 is 0 Å². The van der Waals surface area contributed by atoms with Crippen molar-refractivity contribution in [3.63, 3.8) is 0 Å². The van der Waals surface area contributed by atoms with Crippen molar-refractivity contribution in [3.8, 4) is 11.5 Å². The number of hydrogen-bond acceptors (Lipinski definition) is 3. The van der Waals surface area contributed by atoms with Gasteiger partial charge in [0, 0.05) is 11.6 Å². The summed E-state index contributed by atoms with van der Waals surface area (Å²) >= 11 is 3.47. The summed E-state index contributed by atoms with van der Waals surface area (Å²) in [6.45, 7) is 0. The molecule has 3 aromatic rings. The fourth-order valence-corrected chi connectivity index (χ4v) is 2.15. The predicted octanol–water partition coefficient (Wildman–Crippen LogP) is 3.45. The molecule has 0 spiro atoms. The number of hydrogen-bond donors (Lipinski definition) is 0. The minimum absolute atomic E-state index is 0.635. The lowest BCUT2D eigenvalue weighted by atomic mass is 10.2. The SMILES string of the molecule is Brc1nc(-c2ccccn2)nc2ccccc12. The zero-order valence-electron chi connectivity index (χ0n) is 8.84. The predicted molar refractivity (Wildman–Crippen MR) is 70.5 cm³/mol. The van der Waals surface area contributed by atoms with Crippen LogP contribution in [0.1, 0.15) is 0 Å². The first-order chi connectivity index (χ1) is 8.34. The smallest absolute Gasteiger partial charge is 0.179 e. The molecule has 2 aromatic heterocycles. The molecule has 0 fully saturated rings. The molecule has 1 aromatic carbocycles. The first-order valence-electron chi connectivity index (χ1n) is 5.18. The fraction of sp³-hybridized carbons (Fsp3) is 0. The van der Waals surface area contributed by atoms with Crippen molar-refractivity contribution < 1.29 is 0 Å². The summed E-state index contributed by atoms with van der Waals surface area (Å²) in [6.07, 6.45) is 1.74. The summed E-state index contributed by atoms with van der Waals surface area (Å²) in [6, 6.07) is 13.6. The van der Waals surface area contributed by atoms with Gasteiger partial charge in [-0.15, -0.1) is 0 Å². The van der Waals surface area contributed by atoms with Crippen LogP contribution in [-0.2, 0) is 0 Å². The third-order valence-electron chi connectivity index (χ3n) is 2.45. The molecular formula is C13H8BrN3. The zero-order valence-corrected chi connectivity index (χ0v) is 10.4. The van der Waals surface area contributed by atoms with Crippen molar-refractivity contribution in [1.82, 2.24) is 15.0 Å². The minimum Gasteiger partial charge on any atom is -0.253 e. The van der Waals surface area contributed by atoms with Crippen molar-refractivity contribution in [3.05, 3.63) is 53.3 Å². The van der Waals surface area contributed by atoms with Crippen LogP contribution in [0.25, 0.3) is 22.4 Å². The Labute approximate surface area is 107 Å². The molecule has 0 saturated heterocycles. The Balaban J connectivity index is 2.26. The van der Waals surface area contributed by atoms with Crippen LogP contribution >= 0.6 is 15.9 Å². The van der Waals surface area contributed by atoms with Crippen LogP contribution in [-0.4, -0.2) is 15.0 Å². The molecule has 0 aliphatic carbocycles. The number of rotatable bonds is 1. The Morgan fingerprint density at radius 1 is 0.882 bits per heavy atom. The lowest BCUT2D eigenvalue weighted by Gasteiger charge is -2.03. The molecule has 0 amide bonds. The van der Waals surface area contributed by atoms with Crippen molar-refractivity contribution >= 4 is 26.8 Å². The van der Waals surface area contributed by atoms with E-state index in [1.165, 1.54) is 0 Å². The van der Waals surface area contributed by atoms with Crippen molar-refractivity contribution in [2.24, 2.45) is 0 Å². The van der Waals surface area contributed by atoms with Gasteiger partial charge in [-0.1, -0.05) is 24.3 Å². The standard InChI is InChI=1S/C13H8BrN3/c14-12-9-5-1-2-6-10(9)16-13(17-12)11-7-3-4-8-15-11/h1-8H. The van der Waals surface area contributed by atoms with Crippen molar-refractivity contribution in [2.45, 2.75) is 0 Å². The van der Waals surface area contributed by atoms with Gasteiger partial charge in [0.05, 0.1) is 5.52 Å². The van der Waals surface area contributed by atoms with Gasteiger partial charge in [0.1, 0.15) is 10.3 Å². The third kappa shape index (κ3) is 1.91. The number of aromatic nitrogens is 3. The van der Waals surface area contributed by atoms with Crippen LogP contribution in [0.4, 0.5) is 0 Å². The summed E-state index contributed by atoms with van der Waals surface area (Å²) in [4.78, 5) is 13.2. The summed E-state index contributed by atoms with van der Waals surface area (Å²) in [5.41, 5.74) is 1.69. The highest BCUT2D eigenvalue weighted by molar-refractivity contribution is 9.10. The highest BCUT2D eigenvalue weighted by Gasteiger charge is 2.07. The Kier molecular flexibility index (Phi) is 2.57. The monoisotopic (exact) mass is 285 g/mol. The highest BCUT2D eigenvalue weighted by Crippen LogP contribution is 2.23. The van der Waals surface area contributed by atoms with E-state index >= 15 is 0 Å². The molecule has 0 atom stereocenters. The van der Waals surface area contributed by atoms with Crippen LogP contribution in [0.2, 0.25) is 0 Å². The molecule has 0 radical (unpaired) electrons. The first kappa shape index (κ1) is 10.4. The molecule has 0 aliphatic rings. The van der Waals surface area contributed by atoms with Gasteiger partial charge >= 0.3 is 0 Å². The largest absolute Gasteiger partial charge is 0.253 e. The lowest BCUT2D eigenvalue weighted by Crippen LogP contribution is -1.93. The summed E-state index contributed by atoms with van der Waals surface area (Å²) in [5.74, 6) is 0.635. The van der Waals surface area contributed by atoms with E-state index in [0.717, 1.165) is 21.2 Å². The molecule has 4 heteroatoms. The van der Waals surface area contributed by atoms with E-state index in [-0.39, 0.29) is 0 Å². The summed E-state index contributed by atoms with van der Waals surface area (Å²) < 4.78 is 0.795. The van der Waals surface area contributed by atoms with Crippen LogP contribution in [0.15, 0.2) is 53.3 Å². The average Bonchev–Trinajstić information content (AvgIpc) is 2.40. The Hall–Kier alpha value is -1.81. The molecule has 3 rings (SSSR count). The maximum absolute atomic E-state index is 4.50. The van der Waals surface area contributed by atoms with Gasteiger partial charge in [0.2, 0.25) is 0 Å². The third-order valence-corrected chi connectivity index (χ3v) is 3.06. The molecule has 0 aliphatic heterocycles. The number of pyridine rings is 1. The Morgan fingerprint density at radius 2 is 1.71 bits per heavy atom. The van der Waals surface area contributed by atoms with E-state index < -0.39 is 0 Å². The van der Waals surface area contributed by atoms with Gasteiger partial charge in [-0.25, -0.2) is 9.97 Å². The van der Waals surface area contributed by atoms with E-state index in [1.54, 1.807) is 6.20 Å². The molecule has 82 valence electrons. The maximum Gasteiger partial charge on any atom is 0.179 e. The number of para-hydroxylation sites is 1. The number of benzene rings is 1. The first-order valence-corrected chi connectivity index (χ1v) is 5.97. The number of nitrogens with zero attached hydrogens (tertiary/aromatic N) is 3. The Morgan fingerprint density at radius 3 is 2.53 bits per heavy atom. The maximum atomic E-state index is 4.50. The normalized spacial score (nSPS) is 10.6. The van der Waals surface area contributed by atoms with Crippen LogP contribution in [0.5, 0.6) is 0 Å². The second-order valence-corrected chi connectivity index (χ2v) is 4.32. The molecular weight excluding hydrogens is 278 g/mol. The molecule has 2 heterocycles. The van der Waals surface area contributed by atoms with Crippen molar-refractivity contribution in [1.29, 1.82) is 0 Å². The van der Waals surface area contributed by atoms with Crippen molar-refractivity contribution in [2.75, 3.05) is 0 Å². The van der Waals surface area contributed by atoms with Crippen LogP contribution in [0.3, 0.4) is 0 Å². The van der Waals surface area contributed by atoms with Crippen LogP contribution in [0, 0.1) is 0 Å². The van der Waals surface area contributed by atoms with E-state index in [0.29, 0.717) is 5.82 Å². The topological polar surface area (TPSA) is 38.7 Å². The van der Waals surface area contributed by atoms with E-state index in [4.69, 9.17) is 0 Å². The Bertz CT molecular complexity index is 668. The van der Waals surface area contributed by atoms with Gasteiger partial charge in [-0.3, -0.25) is 4.98 Å². The van der Waals surface area contributed by atoms with Gasteiger partial charge < -0.3 is 0 Å². The number of halogens is 1. The summed E-state index contributed by atoms with van der Waals surface area (Å²) in [5, 5.41) is 1.01. The second kappa shape index (κ2) is 4.22. The fourth-order valence-electron chi connectivity index (χ4n) is 1.65. The molecule has 3 nitrogen and oxygen atoms in total. The lowest BCUT2D eigenvalue weighted by molar-refractivity contribution is 1.16. The average molecular weight is 286 g/mol. The zero-order chi connectivity index (χ0) is 11.7. The molecule has 0 unspecified atom stereocenters. The van der Waals surface area contributed by atoms with Gasteiger partial charge in [-0.05, 0) is 34.1 Å². The minimum atomic E-state index is 0.635. The molecule has 17 heavy (non-hydrogen) atoms. The van der Waals surface area contributed by atoms with Gasteiger partial charge in [0.15, 0.2) is 5.82 Å². The van der Waals surface area contributed by atoms with E-state index in [1.807, 2.05) is 42.5 Å². The highest BCUT2D eigenvalue weighted by atomic mass is 79.9. The number of fused-ring (bicyclic) bond motifs is 1. The molecule has 0 saturated carbocycles. The van der Waals surface area contributed by atoms with Gasteiger partial charge in [-0.2, -0.15) is 0 Å². The van der Waals surface area contributed by atoms with Gasteiger partial charge in [0.25, 0.3) is 0 Å². The molecule has 0 N–H and O–H groups in total. The molecule has 0 bridgehead atoms. The van der Waals surface area contributed by atoms with E-state index in [2.05, 4.69) is 30.9 Å². The quantitative estimate of drug-likeness (QED) is 0.643. The van der Waals surface area contributed by atoms with E-state index in [9.17, 15) is 0 Å².